The highest BCUT2D eigenvalue weighted by molar-refractivity contribution is 5.88. The zero-order chi connectivity index (χ0) is 15.6. The lowest BCUT2D eigenvalue weighted by Gasteiger charge is -2.12. The van der Waals surface area contributed by atoms with Gasteiger partial charge < -0.3 is 5.11 Å². The lowest BCUT2D eigenvalue weighted by molar-refractivity contribution is 0.0682. The van der Waals surface area contributed by atoms with Gasteiger partial charge in [-0.15, -0.1) is 0 Å². The van der Waals surface area contributed by atoms with Crippen LogP contribution in [-0.4, -0.2) is 20.4 Å². The van der Waals surface area contributed by atoms with E-state index in [-0.39, 0.29) is 23.3 Å². The summed E-state index contributed by atoms with van der Waals surface area (Å²) in [5.41, 5.74) is 0.203. The Hall–Kier alpha value is -3.32. The van der Waals surface area contributed by atoms with E-state index in [0.29, 0.717) is 11.3 Å². The van der Waals surface area contributed by atoms with E-state index in [1.165, 1.54) is 15.4 Å². The molecule has 0 aliphatic rings. The molecule has 0 atom stereocenters. The van der Waals surface area contributed by atoms with Crippen molar-refractivity contribution in [2.24, 2.45) is 0 Å². The predicted octanol–water partition coefficient (Wildman–Crippen LogP) is 1.22. The number of carboxylic acid groups (broad SMARTS) is 1. The van der Waals surface area contributed by atoms with Gasteiger partial charge in [-0.1, -0.05) is 6.07 Å². The predicted molar refractivity (Wildman–Crippen MR) is 71.7 cm³/mol. The summed E-state index contributed by atoms with van der Waals surface area (Å²) in [4.78, 5) is 11.4. The summed E-state index contributed by atoms with van der Waals surface area (Å²) in [6.45, 7) is 1.99. The van der Waals surface area contributed by atoms with Crippen LogP contribution in [0.5, 0.6) is 0 Å². The van der Waals surface area contributed by atoms with E-state index in [4.69, 9.17) is 15.9 Å². The van der Waals surface area contributed by atoms with Crippen LogP contribution in [0.25, 0.3) is 5.69 Å². The molecular weight excluding hydrogens is 270 g/mol. The van der Waals surface area contributed by atoms with E-state index in [9.17, 15) is 9.90 Å². The lowest BCUT2D eigenvalue weighted by atomic mass is 10.2. The van der Waals surface area contributed by atoms with Crippen molar-refractivity contribution in [3.8, 4) is 17.8 Å². The Morgan fingerprint density at radius 1 is 1.38 bits per heavy atom. The molecule has 0 saturated carbocycles. The van der Waals surface area contributed by atoms with Crippen LogP contribution < -0.4 is 5.49 Å². The molecule has 0 radical (unpaired) electrons. The molecule has 7 heteroatoms. The molecule has 1 aromatic carbocycles. The second-order valence-corrected chi connectivity index (χ2v) is 4.18. The van der Waals surface area contributed by atoms with Gasteiger partial charge in [0.1, 0.15) is 11.6 Å². The molecule has 0 bridgehead atoms. The highest BCUT2D eigenvalue weighted by Gasteiger charge is 2.23. The molecule has 0 aliphatic heterocycles. The molecular formula is C14H11N5O2. The number of nitrogens with one attached hydrogen (secondary N) is 1. The average Bonchev–Trinajstić information content (AvgIpc) is 2.79. The maximum absolute atomic E-state index is 11.4. The van der Waals surface area contributed by atoms with Gasteiger partial charge >= 0.3 is 5.97 Å². The second kappa shape index (κ2) is 5.35. The number of nitriles is 2. The summed E-state index contributed by atoms with van der Waals surface area (Å²) < 4.78 is 2.66. The van der Waals surface area contributed by atoms with Gasteiger partial charge in [0.05, 0.1) is 17.3 Å². The Morgan fingerprint density at radius 3 is 2.62 bits per heavy atom. The van der Waals surface area contributed by atoms with E-state index in [1.54, 1.807) is 31.2 Å². The fourth-order valence-corrected chi connectivity index (χ4v) is 2.17. The number of aromatic nitrogens is 2. The molecule has 0 amide bonds. The molecule has 0 spiro atoms. The van der Waals surface area contributed by atoms with E-state index < -0.39 is 5.97 Å². The quantitative estimate of drug-likeness (QED) is 0.878. The molecule has 21 heavy (non-hydrogen) atoms. The van der Waals surface area contributed by atoms with Crippen LogP contribution in [0.1, 0.15) is 28.5 Å². The van der Waals surface area contributed by atoms with Gasteiger partial charge in [0.2, 0.25) is 0 Å². The summed E-state index contributed by atoms with van der Waals surface area (Å²) in [7, 11) is 0. The number of carboxylic acids is 1. The summed E-state index contributed by atoms with van der Waals surface area (Å²) in [6.07, 6.45) is 0. The summed E-state index contributed by atoms with van der Waals surface area (Å²) in [6, 6.07) is 10.2. The minimum atomic E-state index is -1.27. The minimum absolute atomic E-state index is 0.202. The highest BCUT2D eigenvalue weighted by Crippen LogP contribution is 2.13. The number of hydrogen-bond donors (Lipinski definition) is 2. The van der Waals surface area contributed by atoms with E-state index in [2.05, 4.69) is 0 Å². The third-order valence-electron chi connectivity index (χ3n) is 3.02. The maximum atomic E-state index is 11.4. The fourth-order valence-electron chi connectivity index (χ4n) is 2.17. The maximum Gasteiger partial charge on any atom is 0.355 e. The van der Waals surface area contributed by atoms with Crippen LogP contribution in [0.2, 0.25) is 0 Å². The monoisotopic (exact) mass is 281 g/mol. The van der Waals surface area contributed by atoms with Crippen molar-refractivity contribution in [2.45, 2.75) is 13.5 Å². The molecule has 0 unspecified atom stereocenters. The molecule has 0 saturated heterocycles. The molecule has 1 heterocycles. The minimum Gasteiger partial charge on any atom is -0.476 e. The zero-order valence-corrected chi connectivity index (χ0v) is 11.2. The first kappa shape index (κ1) is 14.1. The number of nitrogens with zero attached hydrogens (tertiary/aromatic N) is 4. The SMILES string of the molecule is CCn1c(C(=O)O)c(C#N)c(=N)n1-c1cccc(C#N)c1. The van der Waals surface area contributed by atoms with Gasteiger partial charge in [0, 0.05) is 6.54 Å². The Balaban J connectivity index is 2.87. The smallest absolute Gasteiger partial charge is 0.355 e. The van der Waals surface area contributed by atoms with Gasteiger partial charge in [-0.3, -0.25) is 10.1 Å². The second-order valence-electron chi connectivity index (χ2n) is 4.18. The number of rotatable bonds is 3. The number of benzene rings is 1. The molecule has 0 aliphatic carbocycles. The van der Waals surface area contributed by atoms with Crippen molar-refractivity contribution in [3.05, 3.63) is 46.6 Å². The largest absolute Gasteiger partial charge is 0.476 e. The Bertz CT molecular complexity index is 861. The molecule has 0 fully saturated rings. The van der Waals surface area contributed by atoms with Gasteiger partial charge in [0.15, 0.2) is 11.2 Å². The Labute approximate surface area is 120 Å². The third-order valence-corrected chi connectivity index (χ3v) is 3.02. The van der Waals surface area contributed by atoms with Crippen molar-refractivity contribution < 1.29 is 9.90 Å². The van der Waals surface area contributed by atoms with Crippen molar-refractivity contribution in [3.63, 3.8) is 0 Å². The molecule has 7 nitrogen and oxygen atoms in total. The molecule has 104 valence electrons. The molecule has 2 rings (SSSR count). The average molecular weight is 281 g/mol. The van der Waals surface area contributed by atoms with E-state index >= 15 is 0 Å². The number of carbonyl (C=O) groups is 1. The first-order chi connectivity index (χ1) is 10.0. The molecule has 2 aromatic rings. The van der Waals surface area contributed by atoms with Crippen molar-refractivity contribution >= 4 is 5.97 Å². The number of aromatic carboxylic acids is 1. The van der Waals surface area contributed by atoms with Crippen LogP contribution >= 0.6 is 0 Å². The summed E-state index contributed by atoms with van der Waals surface area (Å²) in [5, 5.41) is 35.4. The highest BCUT2D eigenvalue weighted by atomic mass is 16.4. The summed E-state index contributed by atoms with van der Waals surface area (Å²) >= 11 is 0. The summed E-state index contributed by atoms with van der Waals surface area (Å²) in [5.74, 6) is -1.27. The van der Waals surface area contributed by atoms with Crippen molar-refractivity contribution in [2.75, 3.05) is 0 Å². The van der Waals surface area contributed by atoms with E-state index in [1.807, 2.05) is 6.07 Å². The zero-order valence-electron chi connectivity index (χ0n) is 11.2. The Morgan fingerprint density at radius 2 is 2.10 bits per heavy atom. The van der Waals surface area contributed by atoms with Gasteiger partial charge in [-0.2, -0.15) is 10.5 Å². The van der Waals surface area contributed by atoms with Gasteiger partial charge in [0.25, 0.3) is 0 Å². The van der Waals surface area contributed by atoms with Crippen molar-refractivity contribution in [1.82, 2.24) is 9.36 Å². The Kier molecular flexibility index (Phi) is 3.59. The first-order valence-corrected chi connectivity index (χ1v) is 6.09. The van der Waals surface area contributed by atoms with Crippen LogP contribution in [0.4, 0.5) is 0 Å². The normalized spacial score (nSPS) is 9.86. The first-order valence-electron chi connectivity index (χ1n) is 6.09. The van der Waals surface area contributed by atoms with Crippen LogP contribution in [0, 0.1) is 28.1 Å². The fraction of sp³-hybridized carbons (Fsp3) is 0.143. The van der Waals surface area contributed by atoms with Gasteiger partial charge in [-0.25, -0.2) is 9.48 Å². The third kappa shape index (κ3) is 2.17. The molecule has 1 aromatic heterocycles. The van der Waals surface area contributed by atoms with Crippen LogP contribution in [0.15, 0.2) is 24.3 Å². The van der Waals surface area contributed by atoms with Crippen LogP contribution in [-0.2, 0) is 6.54 Å². The number of hydrogen-bond acceptors (Lipinski definition) is 4. The van der Waals surface area contributed by atoms with Crippen LogP contribution in [0.3, 0.4) is 0 Å². The topological polar surface area (TPSA) is 119 Å². The van der Waals surface area contributed by atoms with Crippen molar-refractivity contribution in [1.29, 1.82) is 15.9 Å². The van der Waals surface area contributed by atoms with E-state index in [0.717, 1.165) is 0 Å². The lowest BCUT2D eigenvalue weighted by Crippen LogP contribution is -2.22. The molecule has 2 N–H and O–H groups in total. The van der Waals surface area contributed by atoms with Gasteiger partial charge in [-0.05, 0) is 25.1 Å². The standard InChI is InChI=1S/C14H11N5O2/c1-2-18-12(14(20)21)11(8-16)13(17)19(18)10-5-3-4-9(6-10)7-15/h3-6,17H,2H2,1H3,(H,20,21).